The highest BCUT2D eigenvalue weighted by atomic mass is 15.1. The van der Waals surface area contributed by atoms with Crippen LogP contribution in [0.2, 0.25) is 0 Å². The Hall–Kier alpha value is -6.70. The first-order valence-electron chi connectivity index (χ1n) is 19.3. The zero-order valence-corrected chi connectivity index (χ0v) is 31.4. The highest BCUT2D eigenvalue weighted by Crippen LogP contribution is 2.46. The molecular formula is C54H43N. The number of aryl methyl sites for hydroxylation is 2. The van der Waals surface area contributed by atoms with Crippen LogP contribution in [0.5, 0.6) is 0 Å². The fraction of sp³-hybridized carbons (Fsp3) is 0.0741. The number of anilines is 3. The lowest BCUT2D eigenvalue weighted by Gasteiger charge is -2.26. The average Bonchev–Trinajstić information content (AvgIpc) is 3.24. The summed E-state index contributed by atoms with van der Waals surface area (Å²) in [6.07, 6.45) is 0.947. The minimum absolute atomic E-state index is 0.250. The normalized spacial score (nSPS) is 11.8. The SMILES string of the molecule is Cc1ccc2c(c1)c(-c1ccc(C(Cc3ccccc3)c3ccccc3)cc1)c(-c1ccc(N(c3ccccc3)c3ccccc3)cc1)c1cc(C)ccc12. The van der Waals surface area contributed by atoms with Gasteiger partial charge in [-0.25, -0.2) is 0 Å². The summed E-state index contributed by atoms with van der Waals surface area (Å²) in [6.45, 7) is 4.41. The Kier molecular flexibility index (Phi) is 9.28. The van der Waals surface area contributed by atoms with Gasteiger partial charge in [0.15, 0.2) is 0 Å². The quantitative estimate of drug-likeness (QED) is 0.135. The molecule has 9 aromatic carbocycles. The number of hydrogen-bond donors (Lipinski definition) is 0. The van der Waals surface area contributed by atoms with Crippen LogP contribution >= 0.6 is 0 Å². The molecular weight excluding hydrogens is 663 g/mol. The predicted molar refractivity (Wildman–Crippen MR) is 235 cm³/mol. The van der Waals surface area contributed by atoms with Gasteiger partial charge in [0.05, 0.1) is 0 Å². The molecule has 0 heterocycles. The largest absolute Gasteiger partial charge is 0.311 e. The van der Waals surface area contributed by atoms with Gasteiger partial charge >= 0.3 is 0 Å². The van der Waals surface area contributed by atoms with Crippen molar-refractivity contribution in [3.63, 3.8) is 0 Å². The first kappa shape index (κ1) is 34.1. The predicted octanol–water partition coefficient (Wildman–Crippen LogP) is 14.8. The second-order valence-electron chi connectivity index (χ2n) is 14.7. The molecule has 0 aromatic heterocycles. The highest BCUT2D eigenvalue weighted by Gasteiger charge is 2.21. The standard InChI is InChI=1S/C54H43N/c1-38-23-33-48-49-34-24-39(2)36-52(49)54(44-29-31-47(32-30-44)55(45-19-11-5-12-20-45)46-21-13-6-14-22-46)53(51(48)35-38)43-27-25-42(26-28-43)50(41-17-9-4-10-18-41)37-40-15-7-3-8-16-40/h3-36,50H,37H2,1-2H3. The van der Waals surface area contributed by atoms with Gasteiger partial charge in [0.25, 0.3) is 0 Å². The monoisotopic (exact) mass is 705 g/mol. The second kappa shape index (κ2) is 15.0. The number of nitrogens with zero attached hydrogens (tertiary/aromatic N) is 1. The van der Waals surface area contributed by atoms with Crippen molar-refractivity contribution in [2.75, 3.05) is 4.90 Å². The molecule has 0 saturated heterocycles. The van der Waals surface area contributed by atoms with Crippen LogP contribution in [0.4, 0.5) is 17.1 Å². The first-order chi connectivity index (χ1) is 27.1. The summed E-state index contributed by atoms with van der Waals surface area (Å²) in [5.41, 5.74) is 14.9. The molecule has 0 amide bonds. The van der Waals surface area contributed by atoms with Crippen LogP contribution in [0.25, 0.3) is 43.8 Å². The maximum atomic E-state index is 2.38. The van der Waals surface area contributed by atoms with E-state index in [1.54, 1.807) is 0 Å². The molecule has 0 aliphatic rings. The Balaban J connectivity index is 1.22. The third kappa shape index (κ3) is 6.82. The second-order valence-corrected chi connectivity index (χ2v) is 14.7. The van der Waals surface area contributed by atoms with E-state index in [2.05, 4.69) is 225 Å². The van der Waals surface area contributed by atoms with Crippen molar-refractivity contribution in [2.45, 2.75) is 26.2 Å². The van der Waals surface area contributed by atoms with E-state index in [1.165, 1.54) is 71.6 Å². The molecule has 9 rings (SSSR count). The third-order valence-corrected chi connectivity index (χ3v) is 11.0. The topological polar surface area (TPSA) is 3.24 Å². The van der Waals surface area contributed by atoms with E-state index in [-0.39, 0.29) is 5.92 Å². The van der Waals surface area contributed by atoms with Crippen LogP contribution in [0.3, 0.4) is 0 Å². The van der Waals surface area contributed by atoms with Gasteiger partial charge in [-0.1, -0.05) is 181 Å². The number of fused-ring (bicyclic) bond motifs is 3. The van der Waals surface area contributed by atoms with E-state index in [9.17, 15) is 0 Å². The maximum absolute atomic E-state index is 2.38. The molecule has 0 aliphatic heterocycles. The lowest BCUT2D eigenvalue weighted by atomic mass is 9.82. The van der Waals surface area contributed by atoms with Gasteiger partial charge in [-0.2, -0.15) is 0 Å². The molecule has 0 fully saturated rings. The Morgan fingerprint density at radius 1 is 0.364 bits per heavy atom. The lowest BCUT2D eigenvalue weighted by molar-refractivity contribution is 0.805. The summed E-state index contributed by atoms with van der Waals surface area (Å²) in [7, 11) is 0. The van der Waals surface area contributed by atoms with Crippen molar-refractivity contribution in [1.82, 2.24) is 0 Å². The molecule has 1 heteroatoms. The summed E-state index contributed by atoms with van der Waals surface area (Å²) >= 11 is 0. The van der Waals surface area contributed by atoms with Crippen LogP contribution in [-0.2, 0) is 6.42 Å². The molecule has 0 N–H and O–H groups in total. The van der Waals surface area contributed by atoms with E-state index in [0.717, 1.165) is 23.5 Å². The number of benzene rings is 9. The van der Waals surface area contributed by atoms with Gasteiger partial charge in [0.1, 0.15) is 0 Å². The minimum atomic E-state index is 0.250. The summed E-state index contributed by atoms with van der Waals surface area (Å²) in [4.78, 5) is 2.33. The molecule has 0 radical (unpaired) electrons. The van der Waals surface area contributed by atoms with Crippen molar-refractivity contribution < 1.29 is 0 Å². The van der Waals surface area contributed by atoms with Crippen LogP contribution in [0, 0.1) is 13.8 Å². The Morgan fingerprint density at radius 2 is 0.764 bits per heavy atom. The smallest absolute Gasteiger partial charge is 0.0462 e. The van der Waals surface area contributed by atoms with Crippen molar-refractivity contribution >= 4 is 38.6 Å². The van der Waals surface area contributed by atoms with Crippen molar-refractivity contribution in [3.8, 4) is 22.3 Å². The van der Waals surface area contributed by atoms with Gasteiger partial charge in [-0.3, -0.25) is 0 Å². The fourth-order valence-corrected chi connectivity index (χ4v) is 8.29. The molecule has 264 valence electrons. The van der Waals surface area contributed by atoms with Crippen molar-refractivity contribution in [2.24, 2.45) is 0 Å². The third-order valence-electron chi connectivity index (χ3n) is 11.0. The van der Waals surface area contributed by atoms with E-state index in [4.69, 9.17) is 0 Å². The van der Waals surface area contributed by atoms with Gasteiger partial charge in [0, 0.05) is 23.0 Å². The Bertz CT molecular complexity index is 2660. The van der Waals surface area contributed by atoms with Crippen LogP contribution in [0.1, 0.15) is 33.7 Å². The molecule has 1 unspecified atom stereocenters. The maximum Gasteiger partial charge on any atom is 0.0462 e. The molecule has 0 spiro atoms. The highest BCUT2D eigenvalue weighted by molar-refractivity contribution is 6.21. The number of hydrogen-bond acceptors (Lipinski definition) is 1. The molecule has 9 aromatic rings. The molecule has 1 nitrogen and oxygen atoms in total. The van der Waals surface area contributed by atoms with Gasteiger partial charge in [-0.15, -0.1) is 0 Å². The van der Waals surface area contributed by atoms with Gasteiger partial charge in [-0.05, 0) is 117 Å². The van der Waals surface area contributed by atoms with Crippen LogP contribution in [0.15, 0.2) is 206 Å². The van der Waals surface area contributed by atoms with E-state index in [1.807, 2.05) is 0 Å². The minimum Gasteiger partial charge on any atom is -0.311 e. The zero-order valence-electron chi connectivity index (χ0n) is 31.4. The Labute approximate surface area is 324 Å². The van der Waals surface area contributed by atoms with E-state index in [0.29, 0.717) is 0 Å². The van der Waals surface area contributed by atoms with Gasteiger partial charge < -0.3 is 4.90 Å². The first-order valence-corrected chi connectivity index (χ1v) is 19.3. The summed E-state index contributed by atoms with van der Waals surface area (Å²) in [5.74, 6) is 0.250. The summed E-state index contributed by atoms with van der Waals surface area (Å²) in [6, 6.07) is 75.6. The molecule has 0 bridgehead atoms. The van der Waals surface area contributed by atoms with Crippen LogP contribution in [-0.4, -0.2) is 0 Å². The van der Waals surface area contributed by atoms with E-state index >= 15 is 0 Å². The fourth-order valence-electron chi connectivity index (χ4n) is 8.29. The van der Waals surface area contributed by atoms with Crippen molar-refractivity contribution in [1.29, 1.82) is 0 Å². The molecule has 1 atom stereocenters. The molecule has 0 saturated carbocycles. The van der Waals surface area contributed by atoms with E-state index < -0.39 is 0 Å². The molecule has 0 aliphatic carbocycles. The summed E-state index contributed by atoms with van der Waals surface area (Å²) in [5, 5.41) is 5.12. The van der Waals surface area contributed by atoms with Gasteiger partial charge in [0.2, 0.25) is 0 Å². The number of para-hydroxylation sites is 2. The van der Waals surface area contributed by atoms with Crippen molar-refractivity contribution in [3.05, 3.63) is 234 Å². The van der Waals surface area contributed by atoms with Crippen LogP contribution < -0.4 is 4.90 Å². The summed E-state index contributed by atoms with van der Waals surface area (Å²) < 4.78 is 0. The number of rotatable bonds is 9. The zero-order chi connectivity index (χ0) is 37.1. The average molecular weight is 706 g/mol. The Morgan fingerprint density at radius 3 is 1.25 bits per heavy atom. The lowest BCUT2D eigenvalue weighted by Crippen LogP contribution is -2.09. The molecule has 55 heavy (non-hydrogen) atoms.